The Morgan fingerprint density at radius 3 is 2.44 bits per heavy atom. The Hall–Kier alpha value is -1.82. The van der Waals surface area contributed by atoms with Gasteiger partial charge in [0.2, 0.25) is 0 Å². The number of hydrogen-bond acceptors (Lipinski definition) is 3. The third kappa shape index (κ3) is 4.63. The van der Waals surface area contributed by atoms with Crippen molar-refractivity contribution >= 4 is 17.2 Å². The van der Waals surface area contributed by atoms with E-state index in [0.717, 1.165) is 35.3 Å². The summed E-state index contributed by atoms with van der Waals surface area (Å²) in [7, 11) is -1.34. The van der Waals surface area contributed by atoms with Crippen molar-refractivity contribution in [2.45, 2.75) is 36.9 Å². The molecule has 0 saturated carbocycles. The Labute approximate surface area is 151 Å². The van der Waals surface area contributed by atoms with Gasteiger partial charge in [-0.25, -0.2) is 4.21 Å². The first-order valence-corrected chi connectivity index (χ1v) is 9.65. The molecule has 2 aromatic carbocycles. The fourth-order valence-corrected chi connectivity index (χ4v) is 3.60. The molecule has 0 spiro atoms. The normalized spacial score (nSPS) is 17.8. The largest absolute Gasteiger partial charge is 0.343 e. The van der Waals surface area contributed by atoms with Crippen LogP contribution in [0, 0.1) is 6.92 Å². The van der Waals surface area contributed by atoms with Crippen molar-refractivity contribution in [3.63, 3.8) is 0 Å². The standard InChI is InChI=1S/C20H23NO3S/c1-17-9-11-19(12-10-17)25(22)21-14-6-5-13-20(23-15-16-24-20)18-7-3-2-4-8-18/h2-4,7-12,14H,5-6,13,15-16H2,1H3/b21-14+. The summed E-state index contributed by atoms with van der Waals surface area (Å²) in [6.45, 7) is 3.23. The third-order valence-corrected chi connectivity index (χ3v) is 5.22. The molecule has 25 heavy (non-hydrogen) atoms. The first kappa shape index (κ1) is 18.0. The van der Waals surface area contributed by atoms with Crippen LogP contribution in [0.25, 0.3) is 0 Å². The zero-order chi connectivity index (χ0) is 17.5. The summed E-state index contributed by atoms with van der Waals surface area (Å²) in [6, 6.07) is 17.6. The number of ether oxygens (including phenoxy) is 2. The van der Waals surface area contributed by atoms with Gasteiger partial charge in [0, 0.05) is 18.2 Å². The molecule has 0 aliphatic carbocycles. The minimum Gasteiger partial charge on any atom is -0.343 e. The Morgan fingerprint density at radius 2 is 1.76 bits per heavy atom. The Kier molecular flexibility index (Phi) is 6.13. The van der Waals surface area contributed by atoms with Gasteiger partial charge in [0.1, 0.15) is 0 Å². The van der Waals surface area contributed by atoms with Crippen molar-refractivity contribution < 1.29 is 13.7 Å². The smallest absolute Gasteiger partial charge is 0.194 e. The number of hydrogen-bond donors (Lipinski definition) is 0. The van der Waals surface area contributed by atoms with Crippen LogP contribution >= 0.6 is 0 Å². The highest BCUT2D eigenvalue weighted by Crippen LogP contribution is 2.36. The van der Waals surface area contributed by atoms with Crippen LogP contribution in [0.1, 0.15) is 30.4 Å². The highest BCUT2D eigenvalue weighted by atomic mass is 32.2. The topological polar surface area (TPSA) is 47.9 Å². The van der Waals surface area contributed by atoms with Crippen molar-refractivity contribution in [3.05, 3.63) is 65.7 Å². The zero-order valence-electron chi connectivity index (χ0n) is 14.4. The van der Waals surface area contributed by atoms with Gasteiger partial charge in [-0.3, -0.25) is 0 Å². The minimum atomic E-state index is -1.34. The van der Waals surface area contributed by atoms with Crippen LogP contribution in [0.3, 0.4) is 0 Å². The molecule has 0 N–H and O–H groups in total. The predicted octanol–water partition coefficient (Wildman–Crippen LogP) is 4.16. The molecule has 1 fully saturated rings. The second-order valence-corrected chi connectivity index (χ2v) is 7.24. The van der Waals surface area contributed by atoms with Crippen LogP contribution in [-0.4, -0.2) is 23.6 Å². The molecule has 1 aliphatic rings. The van der Waals surface area contributed by atoms with E-state index in [-0.39, 0.29) is 0 Å². The van der Waals surface area contributed by atoms with E-state index >= 15 is 0 Å². The van der Waals surface area contributed by atoms with Gasteiger partial charge in [-0.1, -0.05) is 48.0 Å². The van der Waals surface area contributed by atoms with E-state index in [1.54, 1.807) is 6.21 Å². The first-order valence-electron chi connectivity index (χ1n) is 8.54. The van der Waals surface area contributed by atoms with E-state index in [4.69, 9.17) is 9.47 Å². The van der Waals surface area contributed by atoms with Crippen molar-refractivity contribution in [1.29, 1.82) is 0 Å². The summed E-state index contributed by atoms with van der Waals surface area (Å²) in [5, 5.41) is 0. The van der Waals surface area contributed by atoms with E-state index in [0.29, 0.717) is 13.2 Å². The Bertz CT molecular complexity index is 722. The van der Waals surface area contributed by atoms with E-state index in [1.165, 1.54) is 0 Å². The maximum absolute atomic E-state index is 12.1. The molecule has 5 heteroatoms. The van der Waals surface area contributed by atoms with E-state index in [1.807, 2.05) is 61.5 Å². The average Bonchev–Trinajstić information content (AvgIpc) is 3.13. The molecule has 0 aromatic heterocycles. The lowest BCUT2D eigenvalue weighted by Gasteiger charge is -2.27. The van der Waals surface area contributed by atoms with Crippen molar-refractivity contribution in [2.24, 2.45) is 4.40 Å². The van der Waals surface area contributed by atoms with Gasteiger partial charge >= 0.3 is 0 Å². The number of benzene rings is 2. The zero-order valence-corrected chi connectivity index (χ0v) is 15.2. The number of aryl methyl sites for hydroxylation is 1. The average molecular weight is 357 g/mol. The van der Waals surface area contributed by atoms with Crippen molar-refractivity contribution in [3.8, 4) is 0 Å². The molecular formula is C20H23NO3S. The molecule has 3 rings (SSSR count). The minimum absolute atomic E-state index is 0.612. The molecule has 132 valence electrons. The molecule has 0 radical (unpaired) electrons. The summed E-state index contributed by atoms with van der Waals surface area (Å²) in [6.07, 6.45) is 4.08. The number of unbranched alkanes of at least 4 members (excludes halogenated alkanes) is 1. The van der Waals surface area contributed by atoms with E-state index in [9.17, 15) is 4.21 Å². The molecule has 0 bridgehead atoms. The Morgan fingerprint density at radius 1 is 1.08 bits per heavy atom. The summed E-state index contributed by atoms with van der Waals surface area (Å²) < 4.78 is 28.1. The lowest BCUT2D eigenvalue weighted by Crippen LogP contribution is -2.27. The molecule has 0 amide bonds. The number of nitrogens with zero attached hydrogens (tertiary/aromatic N) is 1. The molecule has 1 heterocycles. The van der Waals surface area contributed by atoms with Gasteiger partial charge < -0.3 is 9.47 Å². The van der Waals surface area contributed by atoms with Gasteiger partial charge in [0.05, 0.1) is 18.1 Å². The molecule has 4 nitrogen and oxygen atoms in total. The number of rotatable bonds is 7. The third-order valence-electron chi connectivity index (χ3n) is 4.20. The van der Waals surface area contributed by atoms with Crippen LogP contribution in [-0.2, 0) is 26.2 Å². The van der Waals surface area contributed by atoms with E-state index < -0.39 is 16.8 Å². The SMILES string of the molecule is Cc1ccc(S(=O)/N=C/CCCC2(c3ccccc3)OCCO2)cc1. The lowest BCUT2D eigenvalue weighted by atomic mass is 10.00. The Balaban J connectivity index is 1.53. The fraction of sp³-hybridized carbons (Fsp3) is 0.350. The van der Waals surface area contributed by atoms with E-state index in [2.05, 4.69) is 4.40 Å². The van der Waals surface area contributed by atoms with Gasteiger partial charge in [-0.2, -0.15) is 4.40 Å². The lowest BCUT2D eigenvalue weighted by molar-refractivity contribution is -0.171. The summed E-state index contributed by atoms with van der Waals surface area (Å²) >= 11 is 0. The van der Waals surface area contributed by atoms with Gasteiger partial charge in [-0.05, 0) is 31.9 Å². The molecular weight excluding hydrogens is 334 g/mol. The maximum Gasteiger partial charge on any atom is 0.194 e. The van der Waals surface area contributed by atoms with Crippen LogP contribution in [0.15, 0.2) is 63.9 Å². The molecule has 2 aromatic rings. The summed E-state index contributed by atoms with van der Waals surface area (Å²) in [5.74, 6) is -0.648. The fourth-order valence-electron chi connectivity index (χ4n) is 2.86. The van der Waals surface area contributed by atoms with Crippen LogP contribution in [0.4, 0.5) is 0 Å². The highest BCUT2D eigenvalue weighted by Gasteiger charge is 2.37. The molecule has 1 unspecified atom stereocenters. The summed E-state index contributed by atoms with van der Waals surface area (Å²) in [4.78, 5) is 0.727. The van der Waals surface area contributed by atoms with Crippen LogP contribution < -0.4 is 0 Å². The van der Waals surface area contributed by atoms with Crippen molar-refractivity contribution in [2.75, 3.05) is 13.2 Å². The van der Waals surface area contributed by atoms with Gasteiger partial charge in [0.15, 0.2) is 16.8 Å². The van der Waals surface area contributed by atoms with Gasteiger partial charge in [-0.15, -0.1) is 0 Å². The first-order chi connectivity index (χ1) is 12.2. The maximum atomic E-state index is 12.1. The molecule has 1 aliphatic heterocycles. The van der Waals surface area contributed by atoms with Crippen molar-refractivity contribution in [1.82, 2.24) is 0 Å². The van der Waals surface area contributed by atoms with Crippen LogP contribution in [0.2, 0.25) is 0 Å². The quantitative estimate of drug-likeness (QED) is 0.552. The monoisotopic (exact) mass is 357 g/mol. The highest BCUT2D eigenvalue weighted by molar-refractivity contribution is 7.83. The van der Waals surface area contributed by atoms with Crippen LogP contribution in [0.5, 0.6) is 0 Å². The predicted molar refractivity (Wildman–Crippen MR) is 100.0 cm³/mol. The molecule has 1 atom stereocenters. The second-order valence-electron chi connectivity index (χ2n) is 6.06. The molecule has 1 saturated heterocycles. The second kappa shape index (κ2) is 8.52. The summed E-state index contributed by atoms with van der Waals surface area (Å²) in [5.41, 5.74) is 2.19. The van der Waals surface area contributed by atoms with Gasteiger partial charge in [0.25, 0.3) is 0 Å².